The van der Waals surface area contributed by atoms with E-state index in [1.807, 2.05) is 63.2 Å². The van der Waals surface area contributed by atoms with Crippen LogP contribution in [0.5, 0.6) is 17.2 Å². The fraction of sp³-hybridized carbons (Fsp3) is 0.304. The van der Waals surface area contributed by atoms with Crippen molar-refractivity contribution in [2.45, 2.75) is 27.2 Å². The third-order valence-electron chi connectivity index (χ3n) is 4.54. The summed E-state index contributed by atoms with van der Waals surface area (Å²) < 4.78 is 16.6. The van der Waals surface area contributed by atoms with E-state index in [9.17, 15) is 4.79 Å². The van der Waals surface area contributed by atoms with Gasteiger partial charge in [0.2, 0.25) is 5.91 Å². The van der Waals surface area contributed by atoms with E-state index in [1.165, 1.54) is 0 Å². The van der Waals surface area contributed by atoms with Gasteiger partial charge < -0.3 is 19.5 Å². The van der Waals surface area contributed by atoms with Gasteiger partial charge in [-0.2, -0.15) is 5.10 Å². The summed E-state index contributed by atoms with van der Waals surface area (Å²) in [6, 6.07) is 13.2. The molecule has 0 radical (unpaired) electrons. The fourth-order valence-electron chi connectivity index (χ4n) is 3.22. The number of aromatic amines is 1. The molecule has 30 heavy (non-hydrogen) atoms. The van der Waals surface area contributed by atoms with Gasteiger partial charge in [0.25, 0.3) is 0 Å². The minimum absolute atomic E-state index is 0.160. The lowest BCUT2D eigenvalue weighted by Crippen LogP contribution is -2.15. The Morgan fingerprint density at radius 1 is 1.07 bits per heavy atom. The third kappa shape index (κ3) is 4.92. The van der Waals surface area contributed by atoms with Gasteiger partial charge in [-0.1, -0.05) is 18.2 Å². The SMILES string of the molecule is CCOc1ccc(-c2c(NC(=O)Cc3cccc(OC)c3)n[nH]c2C)cc1OCC. The molecular weight excluding hydrogens is 382 g/mol. The third-order valence-corrected chi connectivity index (χ3v) is 4.54. The Labute approximate surface area is 176 Å². The maximum atomic E-state index is 12.6. The van der Waals surface area contributed by atoms with Crippen molar-refractivity contribution in [3.05, 3.63) is 53.7 Å². The summed E-state index contributed by atoms with van der Waals surface area (Å²) >= 11 is 0. The second kappa shape index (κ2) is 9.82. The van der Waals surface area contributed by atoms with Crippen LogP contribution in [0.1, 0.15) is 25.1 Å². The number of hydrogen-bond acceptors (Lipinski definition) is 5. The number of nitrogens with zero attached hydrogens (tertiary/aromatic N) is 1. The number of amides is 1. The number of methoxy groups -OCH3 is 1. The molecular formula is C23H27N3O4. The minimum Gasteiger partial charge on any atom is -0.497 e. The van der Waals surface area contributed by atoms with Crippen LogP contribution in [0.2, 0.25) is 0 Å². The van der Waals surface area contributed by atoms with Crippen molar-refractivity contribution in [3.8, 4) is 28.4 Å². The first-order chi connectivity index (χ1) is 14.5. The molecule has 0 fully saturated rings. The van der Waals surface area contributed by atoms with E-state index in [4.69, 9.17) is 14.2 Å². The highest BCUT2D eigenvalue weighted by Gasteiger charge is 2.17. The molecule has 0 saturated heterocycles. The Balaban J connectivity index is 1.84. The van der Waals surface area contributed by atoms with Gasteiger partial charge in [-0.25, -0.2) is 0 Å². The van der Waals surface area contributed by atoms with Gasteiger partial charge in [0.1, 0.15) is 5.75 Å². The average molecular weight is 409 g/mol. The first kappa shape index (κ1) is 21.2. The van der Waals surface area contributed by atoms with Crippen LogP contribution in [-0.2, 0) is 11.2 Å². The van der Waals surface area contributed by atoms with E-state index in [1.54, 1.807) is 7.11 Å². The summed E-state index contributed by atoms with van der Waals surface area (Å²) in [6.07, 6.45) is 0.218. The van der Waals surface area contributed by atoms with Crippen LogP contribution in [0.3, 0.4) is 0 Å². The van der Waals surface area contributed by atoms with Gasteiger partial charge in [0.15, 0.2) is 17.3 Å². The van der Waals surface area contributed by atoms with Crippen molar-refractivity contribution >= 4 is 11.7 Å². The van der Waals surface area contributed by atoms with Gasteiger partial charge in [-0.05, 0) is 56.2 Å². The summed E-state index contributed by atoms with van der Waals surface area (Å²) in [5.41, 5.74) is 3.40. The first-order valence-corrected chi connectivity index (χ1v) is 9.93. The molecule has 2 aromatic carbocycles. The Bertz CT molecular complexity index is 1010. The molecule has 0 saturated carbocycles. The summed E-state index contributed by atoms with van der Waals surface area (Å²) in [5.74, 6) is 2.38. The van der Waals surface area contributed by atoms with Crippen molar-refractivity contribution < 1.29 is 19.0 Å². The minimum atomic E-state index is -0.160. The average Bonchev–Trinajstić information content (AvgIpc) is 3.09. The van der Waals surface area contributed by atoms with Crippen LogP contribution in [-0.4, -0.2) is 36.4 Å². The second-order valence-electron chi connectivity index (χ2n) is 6.68. The largest absolute Gasteiger partial charge is 0.497 e. The molecule has 0 spiro atoms. The number of carbonyl (C=O) groups excluding carboxylic acids is 1. The predicted octanol–water partition coefficient (Wildman–Crippen LogP) is 4.37. The van der Waals surface area contributed by atoms with Crippen LogP contribution in [0.15, 0.2) is 42.5 Å². The summed E-state index contributed by atoms with van der Waals surface area (Å²) in [5, 5.41) is 10.2. The number of hydrogen-bond donors (Lipinski definition) is 2. The molecule has 0 aliphatic heterocycles. The molecule has 0 unspecified atom stereocenters. The monoisotopic (exact) mass is 409 g/mol. The summed E-state index contributed by atoms with van der Waals surface area (Å²) in [7, 11) is 1.60. The zero-order valence-electron chi connectivity index (χ0n) is 17.7. The molecule has 7 nitrogen and oxygen atoms in total. The van der Waals surface area contributed by atoms with E-state index in [0.717, 1.165) is 28.1 Å². The summed E-state index contributed by atoms with van der Waals surface area (Å²) in [4.78, 5) is 12.6. The normalized spacial score (nSPS) is 10.5. The molecule has 1 aromatic heterocycles. The van der Waals surface area contributed by atoms with Gasteiger partial charge in [-0.3, -0.25) is 9.89 Å². The Kier molecular flexibility index (Phi) is 6.95. The van der Waals surface area contributed by atoms with Crippen molar-refractivity contribution in [1.29, 1.82) is 0 Å². The number of carbonyl (C=O) groups is 1. The molecule has 0 aliphatic carbocycles. The molecule has 0 aliphatic rings. The standard InChI is InChI=1S/C23H27N3O4/c1-5-29-19-11-10-17(14-20(19)30-6-2)22-15(3)25-26-23(22)24-21(27)13-16-8-7-9-18(12-16)28-4/h7-12,14H,5-6,13H2,1-4H3,(H2,24,25,26,27). The van der Waals surface area contributed by atoms with Crippen LogP contribution in [0, 0.1) is 6.92 Å². The van der Waals surface area contributed by atoms with Crippen LogP contribution in [0.4, 0.5) is 5.82 Å². The topological polar surface area (TPSA) is 85.5 Å². The van der Waals surface area contributed by atoms with Gasteiger partial charge >= 0.3 is 0 Å². The van der Waals surface area contributed by atoms with E-state index >= 15 is 0 Å². The van der Waals surface area contributed by atoms with Crippen molar-refractivity contribution in [3.63, 3.8) is 0 Å². The smallest absolute Gasteiger partial charge is 0.230 e. The van der Waals surface area contributed by atoms with Crippen LogP contribution >= 0.6 is 0 Å². The van der Waals surface area contributed by atoms with E-state index in [0.29, 0.717) is 30.5 Å². The van der Waals surface area contributed by atoms with Crippen molar-refractivity contribution in [2.75, 3.05) is 25.6 Å². The van der Waals surface area contributed by atoms with E-state index < -0.39 is 0 Å². The van der Waals surface area contributed by atoms with E-state index in [2.05, 4.69) is 15.5 Å². The van der Waals surface area contributed by atoms with Crippen LogP contribution < -0.4 is 19.5 Å². The number of rotatable bonds is 9. The van der Waals surface area contributed by atoms with Gasteiger partial charge in [-0.15, -0.1) is 0 Å². The first-order valence-electron chi connectivity index (χ1n) is 9.93. The van der Waals surface area contributed by atoms with E-state index in [-0.39, 0.29) is 12.3 Å². The number of aryl methyl sites for hydroxylation is 1. The van der Waals surface area contributed by atoms with Crippen molar-refractivity contribution in [2.24, 2.45) is 0 Å². The highest BCUT2D eigenvalue weighted by molar-refractivity contribution is 5.96. The second-order valence-corrected chi connectivity index (χ2v) is 6.68. The number of H-pyrrole nitrogens is 1. The molecule has 0 bridgehead atoms. The lowest BCUT2D eigenvalue weighted by Gasteiger charge is -2.13. The molecule has 1 heterocycles. The van der Waals surface area contributed by atoms with Gasteiger partial charge in [0.05, 0.1) is 26.7 Å². The lowest BCUT2D eigenvalue weighted by atomic mass is 10.0. The molecule has 0 atom stereocenters. The molecule has 7 heteroatoms. The van der Waals surface area contributed by atoms with Crippen molar-refractivity contribution in [1.82, 2.24) is 10.2 Å². The highest BCUT2D eigenvalue weighted by atomic mass is 16.5. The molecule has 3 rings (SSSR count). The highest BCUT2D eigenvalue weighted by Crippen LogP contribution is 2.36. The summed E-state index contributed by atoms with van der Waals surface area (Å²) in [6.45, 7) is 6.85. The van der Waals surface area contributed by atoms with Crippen LogP contribution in [0.25, 0.3) is 11.1 Å². The fourth-order valence-corrected chi connectivity index (χ4v) is 3.22. The molecule has 3 aromatic rings. The zero-order valence-corrected chi connectivity index (χ0v) is 17.7. The molecule has 2 N–H and O–H groups in total. The number of nitrogens with one attached hydrogen (secondary N) is 2. The maximum Gasteiger partial charge on any atom is 0.230 e. The Hall–Kier alpha value is -3.48. The number of benzene rings is 2. The Morgan fingerprint density at radius 3 is 2.57 bits per heavy atom. The zero-order chi connectivity index (χ0) is 21.5. The molecule has 1 amide bonds. The predicted molar refractivity (Wildman–Crippen MR) is 116 cm³/mol. The number of ether oxygens (including phenoxy) is 3. The number of anilines is 1. The number of aromatic nitrogens is 2. The molecule has 158 valence electrons. The lowest BCUT2D eigenvalue weighted by molar-refractivity contribution is -0.115. The van der Waals surface area contributed by atoms with Gasteiger partial charge in [0, 0.05) is 11.3 Å². The maximum absolute atomic E-state index is 12.6. The Morgan fingerprint density at radius 2 is 1.83 bits per heavy atom. The quantitative estimate of drug-likeness (QED) is 0.548.